The van der Waals surface area contributed by atoms with Crippen LogP contribution in [0.2, 0.25) is 0 Å². The predicted molar refractivity (Wildman–Crippen MR) is 90.4 cm³/mol. The lowest BCUT2D eigenvalue weighted by Crippen LogP contribution is -2.46. The minimum Gasteiger partial charge on any atom is -0.550 e. The van der Waals surface area contributed by atoms with Crippen molar-refractivity contribution in [1.82, 2.24) is 4.90 Å². The van der Waals surface area contributed by atoms with Crippen LogP contribution in [0.3, 0.4) is 0 Å². The molecule has 1 amide bonds. The molecule has 1 spiro atoms. The van der Waals surface area contributed by atoms with Crippen molar-refractivity contribution in [3.63, 3.8) is 0 Å². The number of carboxylic acids is 1. The lowest BCUT2D eigenvalue weighted by molar-refractivity contribution is -0.313. The van der Waals surface area contributed by atoms with Crippen LogP contribution in [0.25, 0.3) is 0 Å². The maximum Gasteiger partial charge on any atom is 0.231 e. The Bertz CT molecular complexity index is 908. The third-order valence-electron chi connectivity index (χ3n) is 5.90. The van der Waals surface area contributed by atoms with Crippen LogP contribution >= 0.6 is 0 Å². The predicted octanol–water partition coefficient (Wildman–Crippen LogP) is 0.392. The Morgan fingerprint density at radius 2 is 2.15 bits per heavy atom. The molecule has 1 aromatic rings. The number of ether oxygens (including phenoxy) is 3. The van der Waals surface area contributed by atoms with Crippen molar-refractivity contribution in [3.05, 3.63) is 48.1 Å². The van der Waals surface area contributed by atoms with Gasteiger partial charge in [-0.1, -0.05) is 30.4 Å². The molecule has 4 aliphatic rings. The van der Waals surface area contributed by atoms with Crippen molar-refractivity contribution >= 4 is 11.9 Å². The number of hydrogen-bond acceptors (Lipinski definition) is 6. The Hall–Kier alpha value is -2.80. The van der Waals surface area contributed by atoms with E-state index in [4.69, 9.17) is 14.2 Å². The van der Waals surface area contributed by atoms with Crippen LogP contribution < -0.4 is 14.6 Å². The zero-order valence-corrected chi connectivity index (χ0v) is 14.7. The summed E-state index contributed by atoms with van der Waals surface area (Å²) >= 11 is 0. The largest absolute Gasteiger partial charge is 0.550 e. The molecule has 4 heterocycles. The number of carbonyl (C=O) groups excluding carboxylic acids is 2. The first-order valence-electron chi connectivity index (χ1n) is 8.85. The zero-order valence-electron chi connectivity index (χ0n) is 14.7. The van der Waals surface area contributed by atoms with E-state index in [0.717, 1.165) is 11.1 Å². The van der Waals surface area contributed by atoms with Crippen molar-refractivity contribution in [1.29, 1.82) is 0 Å². The van der Waals surface area contributed by atoms with Crippen LogP contribution in [0.4, 0.5) is 0 Å². The summed E-state index contributed by atoms with van der Waals surface area (Å²) in [7, 11) is 0. The number of aliphatic carboxylic acids is 1. The van der Waals surface area contributed by atoms with E-state index in [1.165, 1.54) is 0 Å². The Kier molecular flexibility index (Phi) is 3.25. The molecule has 27 heavy (non-hydrogen) atoms. The first-order chi connectivity index (χ1) is 12.9. The molecule has 140 valence electrons. The molecule has 0 N–H and O–H groups in total. The number of hydrogen-bond donors (Lipinski definition) is 0. The van der Waals surface area contributed by atoms with Crippen molar-refractivity contribution in [2.75, 3.05) is 6.79 Å². The first-order valence-corrected chi connectivity index (χ1v) is 8.85. The van der Waals surface area contributed by atoms with E-state index in [1.54, 1.807) is 17.0 Å². The lowest BCUT2D eigenvalue weighted by atomic mass is 9.74. The number of nitrogens with zero attached hydrogens (tertiary/aromatic N) is 1. The lowest BCUT2D eigenvalue weighted by Gasteiger charge is -2.33. The molecule has 5 rings (SSSR count). The van der Waals surface area contributed by atoms with Gasteiger partial charge in [0.2, 0.25) is 12.7 Å². The summed E-state index contributed by atoms with van der Waals surface area (Å²) in [5.74, 6) is -1.98. The van der Waals surface area contributed by atoms with Crippen LogP contribution in [0.5, 0.6) is 11.5 Å². The fourth-order valence-electron chi connectivity index (χ4n) is 4.95. The van der Waals surface area contributed by atoms with Crippen LogP contribution in [-0.2, 0) is 20.9 Å². The summed E-state index contributed by atoms with van der Waals surface area (Å²) in [6, 6.07) is 5.07. The summed E-state index contributed by atoms with van der Waals surface area (Å²) in [6.45, 7) is 6.35. The molecule has 0 aliphatic carbocycles. The molecule has 1 aromatic carbocycles. The molecule has 0 unspecified atom stereocenters. The maximum atomic E-state index is 13.3. The molecule has 2 saturated heterocycles. The van der Waals surface area contributed by atoms with Crippen LogP contribution in [-0.4, -0.2) is 41.3 Å². The average molecular weight is 368 g/mol. The van der Waals surface area contributed by atoms with Gasteiger partial charge >= 0.3 is 0 Å². The average Bonchev–Trinajstić information content (AvgIpc) is 3.35. The van der Waals surface area contributed by atoms with Crippen molar-refractivity contribution in [3.8, 4) is 11.5 Å². The highest BCUT2D eigenvalue weighted by Gasteiger charge is 2.69. The number of fused-ring (bicyclic) bond motifs is 2. The van der Waals surface area contributed by atoms with Crippen LogP contribution in [0, 0.1) is 11.8 Å². The minimum absolute atomic E-state index is 0.175. The summed E-state index contributed by atoms with van der Waals surface area (Å²) < 4.78 is 16.8. The number of amides is 1. The first kappa shape index (κ1) is 16.4. The van der Waals surface area contributed by atoms with Gasteiger partial charge in [0.25, 0.3) is 0 Å². The molecule has 7 heteroatoms. The van der Waals surface area contributed by atoms with E-state index in [-0.39, 0.29) is 12.7 Å². The second kappa shape index (κ2) is 5.36. The van der Waals surface area contributed by atoms with E-state index in [2.05, 4.69) is 6.58 Å². The maximum absolute atomic E-state index is 13.3. The van der Waals surface area contributed by atoms with Gasteiger partial charge in [-0.15, -0.1) is 0 Å². The zero-order chi connectivity index (χ0) is 18.9. The van der Waals surface area contributed by atoms with Crippen LogP contribution in [0.15, 0.2) is 42.5 Å². The minimum atomic E-state index is -1.25. The molecule has 0 aromatic heterocycles. The van der Waals surface area contributed by atoms with Gasteiger partial charge in [-0.25, -0.2) is 0 Å². The Balaban J connectivity index is 1.53. The SMILES string of the molecule is C=C(C)[C@@H]1N(Cc2ccc3c(c2)OCO3)C(=O)[C@H]2[C@@H](C(=O)[O-])[C@H]3C=C[C@]12O3. The number of carboxylic acid groups (broad SMARTS) is 1. The van der Waals surface area contributed by atoms with Gasteiger partial charge in [-0.05, 0) is 24.6 Å². The van der Waals surface area contributed by atoms with Gasteiger partial charge in [0, 0.05) is 18.4 Å². The third-order valence-corrected chi connectivity index (χ3v) is 5.90. The fraction of sp³-hybridized carbons (Fsp3) is 0.400. The fourth-order valence-corrected chi connectivity index (χ4v) is 4.95. The summed E-state index contributed by atoms with van der Waals surface area (Å²) in [6.07, 6.45) is 2.93. The highest BCUT2D eigenvalue weighted by Crippen LogP contribution is 2.56. The molecule has 2 bridgehead atoms. The summed E-state index contributed by atoms with van der Waals surface area (Å²) in [4.78, 5) is 26.6. The van der Waals surface area contributed by atoms with Gasteiger partial charge in [0.05, 0.1) is 18.1 Å². The third kappa shape index (κ3) is 2.06. The van der Waals surface area contributed by atoms with Crippen molar-refractivity contribution in [2.24, 2.45) is 11.8 Å². The van der Waals surface area contributed by atoms with E-state index in [0.29, 0.717) is 18.0 Å². The molecule has 4 aliphatic heterocycles. The molecule has 2 fully saturated rings. The van der Waals surface area contributed by atoms with Gasteiger partial charge < -0.3 is 29.0 Å². The number of rotatable bonds is 4. The highest BCUT2D eigenvalue weighted by atomic mass is 16.7. The number of carbonyl (C=O) groups is 2. The Morgan fingerprint density at radius 1 is 1.37 bits per heavy atom. The van der Waals surface area contributed by atoms with E-state index in [9.17, 15) is 14.7 Å². The molecular formula is C20H18NO6-. The van der Waals surface area contributed by atoms with E-state index >= 15 is 0 Å². The topological polar surface area (TPSA) is 88.1 Å². The summed E-state index contributed by atoms with van der Waals surface area (Å²) in [5.41, 5.74) is 0.615. The quantitative estimate of drug-likeness (QED) is 0.715. The standard InChI is InChI=1S/C20H19NO6/c1-10(2)17-20-6-5-13(27-20)15(19(23)24)16(20)18(22)21(17)8-11-3-4-12-14(7-11)26-9-25-12/h3-7,13,15-17H,1,8-9H2,2H3,(H,23,24)/p-1/t13-,15+,16-,17+,20-/m1/s1. The molecule has 7 nitrogen and oxygen atoms in total. The van der Waals surface area contributed by atoms with Crippen molar-refractivity contribution in [2.45, 2.75) is 31.2 Å². The second-order valence-corrected chi connectivity index (χ2v) is 7.52. The van der Waals surface area contributed by atoms with E-state index < -0.39 is 35.6 Å². The number of likely N-dealkylation sites (tertiary alicyclic amines) is 1. The Morgan fingerprint density at radius 3 is 2.89 bits per heavy atom. The van der Waals surface area contributed by atoms with E-state index in [1.807, 2.05) is 25.1 Å². The number of benzene rings is 1. The van der Waals surface area contributed by atoms with Crippen molar-refractivity contribution < 1.29 is 28.9 Å². The molecule has 0 saturated carbocycles. The van der Waals surface area contributed by atoms with Gasteiger partial charge in [-0.2, -0.15) is 0 Å². The van der Waals surface area contributed by atoms with Gasteiger partial charge in [-0.3, -0.25) is 4.79 Å². The summed E-state index contributed by atoms with van der Waals surface area (Å²) in [5, 5.41) is 11.7. The molecule has 5 atom stereocenters. The normalized spacial score (nSPS) is 35.0. The Labute approximate surface area is 155 Å². The van der Waals surface area contributed by atoms with Gasteiger partial charge in [0.1, 0.15) is 5.60 Å². The monoisotopic (exact) mass is 368 g/mol. The smallest absolute Gasteiger partial charge is 0.231 e. The van der Waals surface area contributed by atoms with Gasteiger partial charge in [0.15, 0.2) is 11.5 Å². The second-order valence-electron chi connectivity index (χ2n) is 7.52. The van der Waals surface area contributed by atoms with Crippen LogP contribution in [0.1, 0.15) is 12.5 Å². The molecular weight excluding hydrogens is 350 g/mol. The highest BCUT2D eigenvalue weighted by molar-refractivity contribution is 5.91. The molecule has 0 radical (unpaired) electrons.